The van der Waals surface area contributed by atoms with Gasteiger partial charge in [-0.2, -0.15) is 0 Å². The molecule has 3 heteroatoms. The highest BCUT2D eigenvalue weighted by Crippen LogP contribution is 2.44. The SMILES string of the molecule is CB1OC(c2ccccc2)(c2ccccc2)c2cccn21. The molecule has 4 rings (SSSR count). The van der Waals surface area contributed by atoms with E-state index >= 15 is 0 Å². The zero-order chi connectivity index (χ0) is 14.3. The molecule has 0 bridgehead atoms. The van der Waals surface area contributed by atoms with Gasteiger partial charge in [-0.25, -0.2) is 0 Å². The normalized spacial score (nSPS) is 16.0. The van der Waals surface area contributed by atoms with Gasteiger partial charge in [-0.1, -0.05) is 60.7 Å². The molecule has 1 aliphatic heterocycles. The highest BCUT2D eigenvalue weighted by atomic mass is 16.5. The van der Waals surface area contributed by atoms with E-state index in [-0.39, 0.29) is 7.05 Å². The Labute approximate surface area is 125 Å². The first-order valence-electron chi connectivity index (χ1n) is 7.28. The summed E-state index contributed by atoms with van der Waals surface area (Å²) in [7, 11) is 0.0235. The van der Waals surface area contributed by atoms with E-state index in [1.807, 2.05) is 12.1 Å². The van der Waals surface area contributed by atoms with E-state index in [9.17, 15) is 0 Å². The summed E-state index contributed by atoms with van der Waals surface area (Å²) >= 11 is 0. The Morgan fingerprint density at radius 2 is 1.38 bits per heavy atom. The van der Waals surface area contributed by atoms with Gasteiger partial charge in [0.2, 0.25) is 0 Å². The van der Waals surface area contributed by atoms with Crippen molar-refractivity contribution in [3.8, 4) is 0 Å². The van der Waals surface area contributed by atoms with Crippen molar-refractivity contribution in [3.63, 3.8) is 0 Å². The van der Waals surface area contributed by atoms with Gasteiger partial charge in [-0.3, -0.25) is 0 Å². The Morgan fingerprint density at radius 1 is 0.810 bits per heavy atom. The van der Waals surface area contributed by atoms with E-state index in [4.69, 9.17) is 4.65 Å². The number of rotatable bonds is 2. The molecular weight excluding hydrogens is 257 g/mol. The van der Waals surface area contributed by atoms with Gasteiger partial charge >= 0.3 is 7.05 Å². The molecule has 0 atom stereocenters. The third-order valence-electron chi connectivity index (χ3n) is 4.24. The standard InChI is InChI=1S/C18H16BNO/c1-19-20-14-8-13-17(20)18(21-19,15-9-4-2-5-10-15)16-11-6-3-7-12-16/h2-14H,1H3. The molecule has 0 aliphatic carbocycles. The van der Waals surface area contributed by atoms with Crippen LogP contribution in [0.3, 0.4) is 0 Å². The first-order valence-corrected chi connectivity index (χ1v) is 7.28. The molecule has 0 N–H and O–H groups in total. The molecule has 0 fully saturated rings. The van der Waals surface area contributed by atoms with Crippen molar-refractivity contribution in [2.24, 2.45) is 0 Å². The molecule has 2 aromatic carbocycles. The molecule has 102 valence electrons. The fourth-order valence-electron chi connectivity index (χ4n) is 3.33. The molecule has 0 saturated carbocycles. The van der Waals surface area contributed by atoms with Crippen LogP contribution in [0.4, 0.5) is 0 Å². The lowest BCUT2D eigenvalue weighted by Gasteiger charge is -2.31. The highest BCUT2D eigenvalue weighted by Gasteiger charge is 2.47. The van der Waals surface area contributed by atoms with Gasteiger partial charge in [0.25, 0.3) is 0 Å². The van der Waals surface area contributed by atoms with E-state index in [2.05, 4.69) is 78.2 Å². The number of hydrogen-bond donors (Lipinski definition) is 0. The number of benzene rings is 2. The van der Waals surface area contributed by atoms with Crippen molar-refractivity contribution in [2.45, 2.75) is 12.4 Å². The first-order chi connectivity index (χ1) is 10.3. The molecule has 2 heterocycles. The van der Waals surface area contributed by atoms with Crippen LogP contribution in [0.15, 0.2) is 79.0 Å². The van der Waals surface area contributed by atoms with Gasteiger partial charge in [0.15, 0.2) is 0 Å². The van der Waals surface area contributed by atoms with Crippen LogP contribution in [0.25, 0.3) is 0 Å². The van der Waals surface area contributed by atoms with Crippen molar-refractivity contribution < 1.29 is 4.65 Å². The van der Waals surface area contributed by atoms with Crippen LogP contribution < -0.4 is 0 Å². The molecule has 3 aromatic rings. The second kappa shape index (κ2) is 4.64. The van der Waals surface area contributed by atoms with Gasteiger partial charge in [0.05, 0.1) is 0 Å². The van der Waals surface area contributed by atoms with E-state index < -0.39 is 5.60 Å². The highest BCUT2D eigenvalue weighted by molar-refractivity contribution is 6.49. The fraction of sp³-hybridized carbons (Fsp3) is 0.111. The van der Waals surface area contributed by atoms with Crippen LogP contribution in [-0.2, 0) is 10.3 Å². The van der Waals surface area contributed by atoms with E-state index in [0.29, 0.717) is 0 Å². The van der Waals surface area contributed by atoms with Crippen molar-refractivity contribution in [3.05, 3.63) is 95.8 Å². The molecule has 1 aliphatic rings. The number of aromatic nitrogens is 1. The maximum absolute atomic E-state index is 6.49. The zero-order valence-corrected chi connectivity index (χ0v) is 11.9. The Kier molecular flexibility index (Phi) is 2.76. The maximum atomic E-state index is 6.49. The van der Waals surface area contributed by atoms with Crippen molar-refractivity contribution in [1.82, 2.24) is 4.48 Å². The second-order valence-corrected chi connectivity index (χ2v) is 5.43. The molecule has 2 nitrogen and oxygen atoms in total. The van der Waals surface area contributed by atoms with Gasteiger partial charge in [-0.05, 0) is 36.3 Å². The topological polar surface area (TPSA) is 14.2 Å². The van der Waals surface area contributed by atoms with Crippen LogP contribution in [-0.4, -0.2) is 11.5 Å². The van der Waals surface area contributed by atoms with Crippen molar-refractivity contribution in [1.29, 1.82) is 0 Å². The third-order valence-corrected chi connectivity index (χ3v) is 4.24. The molecule has 0 unspecified atom stereocenters. The van der Waals surface area contributed by atoms with Gasteiger partial charge in [0, 0.05) is 5.69 Å². The minimum atomic E-state index is -0.522. The fourth-order valence-corrected chi connectivity index (χ4v) is 3.33. The average Bonchev–Trinajstić information content (AvgIpc) is 3.13. The number of nitrogens with zero attached hydrogens (tertiary/aromatic N) is 1. The predicted octanol–water partition coefficient (Wildman–Crippen LogP) is 3.78. The quantitative estimate of drug-likeness (QED) is 0.648. The lowest BCUT2D eigenvalue weighted by molar-refractivity contribution is 0.173. The summed E-state index contributed by atoms with van der Waals surface area (Å²) in [4.78, 5) is 0. The van der Waals surface area contributed by atoms with Crippen LogP contribution in [0, 0.1) is 0 Å². The van der Waals surface area contributed by atoms with Crippen LogP contribution in [0.1, 0.15) is 16.8 Å². The zero-order valence-electron chi connectivity index (χ0n) is 11.9. The van der Waals surface area contributed by atoms with Crippen LogP contribution in [0.5, 0.6) is 0 Å². The molecular formula is C18H16BNO. The summed E-state index contributed by atoms with van der Waals surface area (Å²) < 4.78 is 8.70. The van der Waals surface area contributed by atoms with E-state index in [0.717, 1.165) is 0 Å². The first kappa shape index (κ1) is 12.5. The summed E-state index contributed by atoms with van der Waals surface area (Å²) in [6, 6.07) is 25.2. The van der Waals surface area contributed by atoms with Crippen molar-refractivity contribution >= 4 is 7.05 Å². The molecule has 21 heavy (non-hydrogen) atoms. The summed E-state index contributed by atoms with van der Waals surface area (Å²) in [6.45, 7) is 2.09. The minimum Gasteiger partial charge on any atom is -0.398 e. The lowest BCUT2D eigenvalue weighted by Crippen LogP contribution is -2.30. The number of fused-ring (bicyclic) bond motifs is 1. The molecule has 1 aromatic heterocycles. The van der Waals surface area contributed by atoms with E-state index in [1.165, 1.54) is 16.8 Å². The summed E-state index contributed by atoms with van der Waals surface area (Å²) in [5, 5.41) is 0. The average molecular weight is 273 g/mol. The summed E-state index contributed by atoms with van der Waals surface area (Å²) in [5.41, 5.74) is 3.00. The minimum absolute atomic E-state index is 0.0235. The van der Waals surface area contributed by atoms with E-state index in [1.54, 1.807) is 0 Å². The maximum Gasteiger partial charge on any atom is 0.417 e. The second-order valence-electron chi connectivity index (χ2n) is 5.43. The Balaban J connectivity index is 2.02. The molecule has 0 saturated heterocycles. The Hall–Kier alpha value is -2.26. The number of hydrogen-bond acceptors (Lipinski definition) is 1. The van der Waals surface area contributed by atoms with Crippen molar-refractivity contribution in [2.75, 3.05) is 0 Å². The van der Waals surface area contributed by atoms with Gasteiger partial charge in [0.1, 0.15) is 5.60 Å². The van der Waals surface area contributed by atoms with Gasteiger partial charge in [-0.15, -0.1) is 0 Å². The predicted molar refractivity (Wildman–Crippen MR) is 85.3 cm³/mol. The van der Waals surface area contributed by atoms with Crippen LogP contribution in [0.2, 0.25) is 6.82 Å². The largest absolute Gasteiger partial charge is 0.417 e. The summed E-state index contributed by atoms with van der Waals surface area (Å²) in [6.07, 6.45) is 2.09. The van der Waals surface area contributed by atoms with Gasteiger partial charge < -0.3 is 9.13 Å². The Morgan fingerprint density at radius 3 is 1.95 bits per heavy atom. The lowest BCUT2D eigenvalue weighted by atomic mass is 9.83. The Bertz CT molecular complexity index is 712. The molecule has 0 spiro atoms. The summed E-state index contributed by atoms with van der Waals surface area (Å²) in [5.74, 6) is 0. The monoisotopic (exact) mass is 273 g/mol. The smallest absolute Gasteiger partial charge is 0.398 e. The van der Waals surface area contributed by atoms with Crippen LogP contribution >= 0.6 is 0 Å². The molecule has 0 amide bonds. The molecule has 0 radical (unpaired) electrons. The third kappa shape index (κ3) is 1.71.